The average molecular weight is 435 g/mol. The van der Waals surface area contributed by atoms with Crippen molar-refractivity contribution in [2.24, 2.45) is 0 Å². The number of halogens is 3. The van der Waals surface area contributed by atoms with E-state index in [9.17, 15) is 18.0 Å². The smallest absolute Gasteiger partial charge is 0.408 e. The Morgan fingerprint density at radius 3 is 2.65 bits per heavy atom. The number of para-hydroxylation sites is 1. The standard InChI is InChI=1S/C23H28F3N3O2/c24-23(25,26)20-9-5-15-29(20)22(30)18-11-10-17-7-4-8-19(21(17)27-18)31-16-6-14-28-12-2-1-3-13-28/h4,7-8,10-11,20H,1-3,5-6,9,12-16H2. The molecular weight excluding hydrogens is 407 g/mol. The lowest BCUT2D eigenvalue weighted by atomic mass is 10.1. The van der Waals surface area contributed by atoms with Gasteiger partial charge in [0.25, 0.3) is 5.91 Å². The molecule has 1 amide bonds. The van der Waals surface area contributed by atoms with Crippen LogP contribution in [0.1, 0.15) is 49.0 Å². The summed E-state index contributed by atoms with van der Waals surface area (Å²) in [7, 11) is 0. The third-order valence-electron chi connectivity index (χ3n) is 6.12. The van der Waals surface area contributed by atoms with Crippen molar-refractivity contribution in [3.05, 3.63) is 36.0 Å². The van der Waals surface area contributed by atoms with Gasteiger partial charge in [-0.05, 0) is 57.3 Å². The Balaban J connectivity index is 1.46. The van der Waals surface area contributed by atoms with E-state index in [1.54, 1.807) is 12.1 Å². The van der Waals surface area contributed by atoms with Crippen molar-refractivity contribution in [2.75, 3.05) is 32.8 Å². The number of carbonyl (C=O) groups is 1. The molecule has 0 radical (unpaired) electrons. The van der Waals surface area contributed by atoms with Crippen molar-refractivity contribution < 1.29 is 22.7 Å². The van der Waals surface area contributed by atoms with E-state index in [4.69, 9.17) is 4.74 Å². The molecule has 2 saturated heterocycles. The van der Waals surface area contributed by atoms with E-state index < -0.39 is 18.1 Å². The summed E-state index contributed by atoms with van der Waals surface area (Å²) in [5.41, 5.74) is 0.530. The van der Waals surface area contributed by atoms with Crippen LogP contribution in [0.4, 0.5) is 13.2 Å². The van der Waals surface area contributed by atoms with Crippen LogP contribution in [-0.2, 0) is 0 Å². The van der Waals surface area contributed by atoms with Gasteiger partial charge in [-0.3, -0.25) is 4.79 Å². The highest BCUT2D eigenvalue weighted by atomic mass is 19.4. The summed E-state index contributed by atoms with van der Waals surface area (Å²) in [5.74, 6) is -0.124. The zero-order valence-electron chi connectivity index (χ0n) is 17.5. The molecule has 0 N–H and O–H groups in total. The summed E-state index contributed by atoms with van der Waals surface area (Å²) in [4.78, 5) is 20.6. The molecule has 168 valence electrons. The van der Waals surface area contributed by atoms with Gasteiger partial charge >= 0.3 is 6.18 Å². The summed E-state index contributed by atoms with van der Waals surface area (Å²) in [6.45, 7) is 3.87. The lowest BCUT2D eigenvalue weighted by Gasteiger charge is -2.26. The largest absolute Gasteiger partial charge is 0.491 e. The predicted octanol–water partition coefficient (Wildman–Crippen LogP) is 4.66. The molecule has 5 nitrogen and oxygen atoms in total. The van der Waals surface area contributed by atoms with Crippen molar-refractivity contribution in [3.63, 3.8) is 0 Å². The van der Waals surface area contributed by atoms with Crippen molar-refractivity contribution in [1.29, 1.82) is 0 Å². The quantitative estimate of drug-likeness (QED) is 0.620. The third-order valence-corrected chi connectivity index (χ3v) is 6.12. The van der Waals surface area contributed by atoms with Crippen LogP contribution in [0.3, 0.4) is 0 Å². The minimum absolute atomic E-state index is 0.0213. The summed E-state index contributed by atoms with van der Waals surface area (Å²) in [5, 5.41) is 0.791. The van der Waals surface area contributed by atoms with Crippen molar-refractivity contribution in [2.45, 2.75) is 50.7 Å². The maximum Gasteiger partial charge on any atom is 0.408 e. The molecule has 2 aromatic rings. The number of hydrogen-bond donors (Lipinski definition) is 0. The van der Waals surface area contributed by atoms with E-state index >= 15 is 0 Å². The minimum Gasteiger partial charge on any atom is -0.491 e. The Morgan fingerprint density at radius 2 is 1.87 bits per heavy atom. The van der Waals surface area contributed by atoms with Crippen molar-refractivity contribution in [1.82, 2.24) is 14.8 Å². The van der Waals surface area contributed by atoms with Gasteiger partial charge in [-0.1, -0.05) is 24.6 Å². The number of rotatable bonds is 6. The van der Waals surface area contributed by atoms with Gasteiger partial charge in [0.15, 0.2) is 0 Å². The summed E-state index contributed by atoms with van der Waals surface area (Å²) in [6, 6.07) is 6.97. The fraction of sp³-hybridized carbons (Fsp3) is 0.565. The number of ether oxygens (including phenoxy) is 1. The number of pyridine rings is 1. The molecule has 8 heteroatoms. The van der Waals surface area contributed by atoms with Gasteiger partial charge < -0.3 is 14.5 Å². The van der Waals surface area contributed by atoms with Crippen LogP contribution < -0.4 is 4.74 Å². The van der Waals surface area contributed by atoms with Gasteiger partial charge in [-0.15, -0.1) is 0 Å². The first kappa shape index (κ1) is 21.9. The second-order valence-electron chi connectivity index (χ2n) is 8.33. The van der Waals surface area contributed by atoms with Crippen LogP contribution in [0.15, 0.2) is 30.3 Å². The monoisotopic (exact) mass is 435 g/mol. The molecule has 1 aromatic heterocycles. The molecule has 1 unspecified atom stereocenters. The summed E-state index contributed by atoms with van der Waals surface area (Å²) < 4.78 is 45.8. The van der Waals surface area contributed by atoms with E-state index in [-0.39, 0.29) is 18.7 Å². The van der Waals surface area contributed by atoms with E-state index in [0.717, 1.165) is 36.3 Å². The van der Waals surface area contributed by atoms with Gasteiger partial charge in [0.1, 0.15) is 23.0 Å². The fourth-order valence-corrected chi connectivity index (χ4v) is 4.51. The minimum atomic E-state index is -4.42. The van der Waals surface area contributed by atoms with Gasteiger partial charge in [-0.2, -0.15) is 13.2 Å². The lowest BCUT2D eigenvalue weighted by Crippen LogP contribution is -2.44. The number of nitrogens with zero attached hydrogens (tertiary/aromatic N) is 3. The molecule has 0 aliphatic carbocycles. The van der Waals surface area contributed by atoms with E-state index in [1.807, 2.05) is 12.1 Å². The average Bonchev–Trinajstić information content (AvgIpc) is 3.27. The van der Waals surface area contributed by atoms with Gasteiger partial charge in [0, 0.05) is 18.5 Å². The summed E-state index contributed by atoms with van der Waals surface area (Å²) in [6.07, 6.45) is 0.538. The predicted molar refractivity (Wildman–Crippen MR) is 112 cm³/mol. The number of piperidine rings is 1. The first-order valence-corrected chi connectivity index (χ1v) is 11.1. The van der Waals surface area contributed by atoms with E-state index in [0.29, 0.717) is 24.3 Å². The van der Waals surface area contributed by atoms with Crippen LogP contribution in [-0.4, -0.2) is 65.7 Å². The number of carbonyl (C=O) groups excluding carboxylic acids is 1. The second-order valence-corrected chi connectivity index (χ2v) is 8.33. The van der Waals surface area contributed by atoms with Gasteiger partial charge in [-0.25, -0.2) is 4.98 Å². The fourth-order valence-electron chi connectivity index (χ4n) is 4.51. The first-order chi connectivity index (χ1) is 14.9. The molecule has 0 bridgehead atoms. The lowest BCUT2D eigenvalue weighted by molar-refractivity contribution is -0.169. The normalized spacial score (nSPS) is 20.4. The van der Waals surface area contributed by atoms with Gasteiger partial charge in [0.2, 0.25) is 0 Å². The molecule has 0 spiro atoms. The van der Waals surface area contributed by atoms with Crippen LogP contribution in [0.5, 0.6) is 5.75 Å². The molecule has 2 fully saturated rings. The molecule has 1 aromatic carbocycles. The van der Waals surface area contributed by atoms with Crippen molar-refractivity contribution >= 4 is 16.8 Å². The molecule has 2 aliphatic heterocycles. The highest BCUT2D eigenvalue weighted by molar-refractivity contribution is 5.96. The van der Waals surface area contributed by atoms with Crippen LogP contribution >= 0.6 is 0 Å². The zero-order chi connectivity index (χ0) is 21.8. The Labute approximate surface area is 180 Å². The SMILES string of the molecule is O=C(c1ccc2cccc(OCCCN3CCCCC3)c2n1)N1CCCC1C(F)(F)F. The topological polar surface area (TPSA) is 45.7 Å². The van der Waals surface area contributed by atoms with Crippen LogP contribution in [0.25, 0.3) is 10.9 Å². The number of hydrogen-bond acceptors (Lipinski definition) is 4. The Hall–Kier alpha value is -2.35. The number of likely N-dealkylation sites (tertiary alicyclic amines) is 2. The molecule has 0 saturated carbocycles. The maximum atomic E-state index is 13.3. The first-order valence-electron chi connectivity index (χ1n) is 11.1. The van der Waals surface area contributed by atoms with E-state index in [1.165, 1.54) is 25.3 Å². The second kappa shape index (κ2) is 9.42. The number of fused-ring (bicyclic) bond motifs is 1. The molecule has 31 heavy (non-hydrogen) atoms. The highest BCUT2D eigenvalue weighted by Gasteiger charge is 2.48. The number of amides is 1. The van der Waals surface area contributed by atoms with E-state index in [2.05, 4.69) is 9.88 Å². The Morgan fingerprint density at radius 1 is 1.06 bits per heavy atom. The van der Waals surface area contributed by atoms with Crippen LogP contribution in [0.2, 0.25) is 0 Å². The Bertz CT molecular complexity index is 913. The van der Waals surface area contributed by atoms with Crippen molar-refractivity contribution in [3.8, 4) is 5.75 Å². The van der Waals surface area contributed by atoms with Crippen LogP contribution in [0, 0.1) is 0 Å². The zero-order valence-corrected chi connectivity index (χ0v) is 17.5. The molecular formula is C23H28F3N3O2. The van der Waals surface area contributed by atoms with Gasteiger partial charge in [0.05, 0.1) is 6.61 Å². The molecule has 4 rings (SSSR count). The molecule has 3 heterocycles. The number of alkyl halides is 3. The number of benzene rings is 1. The highest BCUT2D eigenvalue weighted by Crippen LogP contribution is 2.34. The summed E-state index contributed by atoms with van der Waals surface area (Å²) >= 11 is 0. The number of aromatic nitrogens is 1. The Kier molecular flexibility index (Phi) is 6.65. The maximum absolute atomic E-state index is 13.3. The molecule has 2 aliphatic rings. The molecule has 1 atom stereocenters. The third kappa shape index (κ3) is 5.11.